The molecule has 5 nitrogen and oxygen atoms in total. The smallest absolute Gasteiger partial charge is 0.319 e. The van der Waals surface area contributed by atoms with Crippen LogP contribution in [0.4, 0.5) is 14.9 Å². The zero-order valence-corrected chi connectivity index (χ0v) is 11.4. The van der Waals surface area contributed by atoms with Crippen LogP contribution < -0.4 is 10.6 Å². The van der Waals surface area contributed by atoms with Gasteiger partial charge in [0.1, 0.15) is 5.82 Å². The Balaban J connectivity index is 1.73. The van der Waals surface area contributed by atoms with Crippen molar-refractivity contribution in [2.75, 3.05) is 11.9 Å². The normalized spacial score (nSPS) is 10.3. The van der Waals surface area contributed by atoms with Gasteiger partial charge in [-0.25, -0.2) is 14.2 Å². The molecule has 1 heterocycles. The largest absolute Gasteiger partial charge is 0.338 e. The highest BCUT2D eigenvalue weighted by atomic mass is 35.5. The van der Waals surface area contributed by atoms with Crippen LogP contribution in [0.3, 0.4) is 0 Å². The van der Waals surface area contributed by atoms with Gasteiger partial charge in [0.05, 0.1) is 12.0 Å². The molecule has 7 heteroatoms. The standard InChI is InChI=1S/C13H14ClFN4O/c14-10-2-3-11(15)12(8-10)18-13(20)17-4-1-6-19-7-5-16-9-19/h2-3,5,7-9H,1,4,6H2,(H2,17,18,20). The Labute approximate surface area is 120 Å². The fourth-order valence-corrected chi connectivity index (χ4v) is 1.81. The van der Waals surface area contributed by atoms with E-state index in [-0.39, 0.29) is 5.69 Å². The number of hydrogen-bond donors (Lipinski definition) is 2. The third kappa shape index (κ3) is 4.24. The second kappa shape index (κ2) is 6.91. The van der Waals surface area contributed by atoms with Crippen molar-refractivity contribution in [1.82, 2.24) is 14.9 Å². The second-order valence-corrected chi connectivity index (χ2v) is 4.60. The molecule has 0 fully saturated rings. The summed E-state index contributed by atoms with van der Waals surface area (Å²) in [6, 6.07) is 3.53. The molecule has 2 rings (SSSR count). The van der Waals surface area contributed by atoms with Crippen LogP contribution in [0.25, 0.3) is 0 Å². The second-order valence-electron chi connectivity index (χ2n) is 4.16. The van der Waals surface area contributed by atoms with Crippen molar-refractivity contribution < 1.29 is 9.18 Å². The van der Waals surface area contributed by atoms with Gasteiger partial charge in [0.25, 0.3) is 0 Å². The van der Waals surface area contributed by atoms with E-state index in [0.717, 1.165) is 13.0 Å². The third-order valence-corrected chi connectivity index (χ3v) is 2.85. The van der Waals surface area contributed by atoms with Crippen molar-refractivity contribution in [1.29, 1.82) is 0 Å². The summed E-state index contributed by atoms with van der Waals surface area (Å²) >= 11 is 5.74. The average Bonchev–Trinajstić information content (AvgIpc) is 2.92. The van der Waals surface area contributed by atoms with Crippen LogP contribution >= 0.6 is 11.6 Å². The molecule has 20 heavy (non-hydrogen) atoms. The van der Waals surface area contributed by atoms with Crippen LogP contribution in [-0.4, -0.2) is 22.1 Å². The molecule has 2 N–H and O–H groups in total. The predicted molar refractivity (Wildman–Crippen MR) is 75.3 cm³/mol. The molecule has 0 saturated carbocycles. The molecule has 0 atom stereocenters. The van der Waals surface area contributed by atoms with E-state index >= 15 is 0 Å². The van der Waals surface area contributed by atoms with Gasteiger partial charge in [-0.05, 0) is 24.6 Å². The number of amides is 2. The van der Waals surface area contributed by atoms with Crippen molar-refractivity contribution in [3.05, 3.63) is 47.8 Å². The summed E-state index contributed by atoms with van der Waals surface area (Å²) in [5.74, 6) is -0.525. The van der Waals surface area contributed by atoms with E-state index in [1.807, 2.05) is 10.8 Å². The lowest BCUT2D eigenvalue weighted by molar-refractivity contribution is 0.251. The SMILES string of the molecule is O=C(NCCCn1ccnc1)Nc1cc(Cl)ccc1F. The molecule has 1 aromatic heterocycles. The van der Waals surface area contributed by atoms with E-state index in [0.29, 0.717) is 11.6 Å². The van der Waals surface area contributed by atoms with E-state index in [2.05, 4.69) is 15.6 Å². The molecule has 2 amide bonds. The quantitative estimate of drug-likeness (QED) is 0.834. The summed E-state index contributed by atoms with van der Waals surface area (Å²) in [4.78, 5) is 15.5. The number of aryl methyl sites for hydroxylation is 1. The lowest BCUT2D eigenvalue weighted by atomic mass is 10.3. The van der Waals surface area contributed by atoms with Crippen molar-refractivity contribution >= 4 is 23.3 Å². The number of benzene rings is 1. The zero-order valence-electron chi connectivity index (χ0n) is 10.6. The number of nitrogens with zero attached hydrogens (tertiary/aromatic N) is 2. The van der Waals surface area contributed by atoms with Gasteiger partial charge in [-0.15, -0.1) is 0 Å². The number of carbonyl (C=O) groups excluding carboxylic acids is 1. The van der Waals surface area contributed by atoms with Gasteiger partial charge in [-0.3, -0.25) is 0 Å². The molecule has 0 aliphatic heterocycles. The summed E-state index contributed by atoms with van der Waals surface area (Å²) in [5.41, 5.74) is 0.0598. The van der Waals surface area contributed by atoms with Crippen molar-refractivity contribution in [2.24, 2.45) is 0 Å². The van der Waals surface area contributed by atoms with Crippen LogP contribution in [0, 0.1) is 5.82 Å². The Bertz CT molecular complexity index is 574. The molecule has 0 radical (unpaired) electrons. The van der Waals surface area contributed by atoms with Crippen molar-refractivity contribution in [2.45, 2.75) is 13.0 Å². The third-order valence-electron chi connectivity index (χ3n) is 2.61. The van der Waals surface area contributed by atoms with Gasteiger partial charge in [-0.1, -0.05) is 11.6 Å². The summed E-state index contributed by atoms with van der Waals surface area (Å²) in [6.45, 7) is 1.23. The lowest BCUT2D eigenvalue weighted by Crippen LogP contribution is -2.30. The Kier molecular flexibility index (Phi) is 4.95. The summed E-state index contributed by atoms with van der Waals surface area (Å²) in [7, 11) is 0. The number of nitrogens with one attached hydrogen (secondary N) is 2. The van der Waals surface area contributed by atoms with Crippen LogP contribution in [0.5, 0.6) is 0 Å². The first-order chi connectivity index (χ1) is 9.65. The number of urea groups is 1. The maximum Gasteiger partial charge on any atom is 0.319 e. The van der Waals surface area contributed by atoms with Crippen molar-refractivity contribution in [3.63, 3.8) is 0 Å². The molecular weight excluding hydrogens is 283 g/mol. The molecule has 0 aliphatic carbocycles. The highest BCUT2D eigenvalue weighted by molar-refractivity contribution is 6.30. The van der Waals surface area contributed by atoms with E-state index < -0.39 is 11.8 Å². The number of halogens is 2. The number of imidazole rings is 1. The van der Waals surface area contributed by atoms with Gasteiger partial charge in [-0.2, -0.15) is 0 Å². The van der Waals surface area contributed by atoms with E-state index in [4.69, 9.17) is 11.6 Å². The lowest BCUT2D eigenvalue weighted by Gasteiger charge is -2.09. The first-order valence-corrected chi connectivity index (χ1v) is 6.48. The summed E-state index contributed by atoms with van der Waals surface area (Å²) in [6.07, 6.45) is 6.01. The van der Waals surface area contributed by atoms with Crippen LogP contribution in [-0.2, 0) is 6.54 Å². The number of anilines is 1. The van der Waals surface area contributed by atoms with Crippen LogP contribution in [0.2, 0.25) is 5.02 Å². The van der Waals surface area contributed by atoms with Gasteiger partial charge in [0, 0.05) is 30.5 Å². The molecule has 106 valence electrons. The molecule has 1 aromatic carbocycles. The first kappa shape index (κ1) is 14.3. The fraction of sp³-hybridized carbons (Fsp3) is 0.231. The summed E-state index contributed by atoms with van der Waals surface area (Å²) in [5, 5.41) is 5.43. The number of hydrogen-bond acceptors (Lipinski definition) is 2. The summed E-state index contributed by atoms with van der Waals surface area (Å²) < 4.78 is 15.3. The number of rotatable bonds is 5. The zero-order chi connectivity index (χ0) is 14.4. The molecule has 0 aliphatic rings. The predicted octanol–water partition coefficient (Wildman–Crippen LogP) is 2.89. The van der Waals surface area contributed by atoms with Gasteiger partial charge in [0.15, 0.2) is 0 Å². The fourth-order valence-electron chi connectivity index (χ4n) is 1.64. The van der Waals surface area contributed by atoms with Crippen LogP contribution in [0.15, 0.2) is 36.9 Å². The molecule has 2 aromatic rings. The van der Waals surface area contributed by atoms with E-state index in [9.17, 15) is 9.18 Å². The highest BCUT2D eigenvalue weighted by Gasteiger charge is 2.06. The maximum absolute atomic E-state index is 13.4. The Morgan fingerprint density at radius 2 is 2.30 bits per heavy atom. The van der Waals surface area contributed by atoms with E-state index in [1.165, 1.54) is 18.2 Å². The average molecular weight is 297 g/mol. The first-order valence-electron chi connectivity index (χ1n) is 6.11. The number of carbonyl (C=O) groups is 1. The Hall–Kier alpha value is -2.08. The minimum atomic E-state index is -0.525. The molecule has 0 unspecified atom stereocenters. The monoisotopic (exact) mass is 296 g/mol. The Morgan fingerprint density at radius 1 is 1.45 bits per heavy atom. The minimum absolute atomic E-state index is 0.0598. The minimum Gasteiger partial charge on any atom is -0.338 e. The highest BCUT2D eigenvalue weighted by Crippen LogP contribution is 2.19. The van der Waals surface area contributed by atoms with Gasteiger partial charge < -0.3 is 15.2 Å². The van der Waals surface area contributed by atoms with Gasteiger partial charge >= 0.3 is 6.03 Å². The van der Waals surface area contributed by atoms with Crippen molar-refractivity contribution in [3.8, 4) is 0 Å². The maximum atomic E-state index is 13.4. The molecule has 0 bridgehead atoms. The van der Waals surface area contributed by atoms with Crippen LogP contribution in [0.1, 0.15) is 6.42 Å². The molecule has 0 saturated heterocycles. The molecule has 0 spiro atoms. The van der Waals surface area contributed by atoms with Gasteiger partial charge in [0.2, 0.25) is 0 Å². The molecular formula is C13H14ClFN4O. The number of aromatic nitrogens is 2. The Morgan fingerprint density at radius 3 is 3.05 bits per heavy atom. The van der Waals surface area contributed by atoms with E-state index in [1.54, 1.807) is 12.5 Å². The topological polar surface area (TPSA) is 59.0 Å².